The second-order valence-corrected chi connectivity index (χ2v) is 3.43. The monoisotopic (exact) mass is 171 g/mol. The lowest BCUT2D eigenvalue weighted by atomic mass is 10.2. The summed E-state index contributed by atoms with van der Waals surface area (Å²) in [6, 6.07) is 0. The molecule has 3 nitrogen and oxygen atoms in total. The van der Waals surface area contributed by atoms with Crippen molar-refractivity contribution in [2.45, 2.75) is 25.6 Å². The Morgan fingerprint density at radius 3 is 2.33 bits per heavy atom. The molecule has 0 radical (unpaired) electrons. The lowest BCUT2D eigenvalue weighted by molar-refractivity contribution is 0.0572. The third-order valence-electron chi connectivity index (χ3n) is 2.28. The molecule has 1 rings (SSSR count). The van der Waals surface area contributed by atoms with Gasteiger partial charge in [0.15, 0.2) is 0 Å². The maximum atomic E-state index is 9.23. The molecular weight excluding hydrogens is 154 g/mol. The fraction of sp³-hybridized carbons (Fsp3) is 0.778. The van der Waals surface area contributed by atoms with Gasteiger partial charge in [0.05, 0.1) is 12.2 Å². The summed E-state index contributed by atoms with van der Waals surface area (Å²) in [7, 11) is 0. The zero-order chi connectivity index (χ0) is 9.14. The molecule has 0 unspecified atom stereocenters. The number of nitrogens with zero attached hydrogens (tertiary/aromatic N) is 1. The zero-order valence-corrected chi connectivity index (χ0v) is 7.53. The minimum absolute atomic E-state index is 0.570. The highest BCUT2D eigenvalue weighted by Crippen LogP contribution is 2.12. The van der Waals surface area contributed by atoms with Crippen LogP contribution in [0.15, 0.2) is 12.2 Å². The molecule has 2 N–H and O–H groups in total. The van der Waals surface area contributed by atoms with Gasteiger partial charge in [-0.1, -0.05) is 19.1 Å². The average molecular weight is 171 g/mol. The normalized spacial score (nSPS) is 30.9. The topological polar surface area (TPSA) is 43.7 Å². The Balaban J connectivity index is 2.32. The molecule has 70 valence electrons. The van der Waals surface area contributed by atoms with Gasteiger partial charge in [0.1, 0.15) is 0 Å². The van der Waals surface area contributed by atoms with E-state index in [2.05, 4.69) is 13.5 Å². The zero-order valence-electron chi connectivity index (χ0n) is 7.53. The van der Waals surface area contributed by atoms with Crippen molar-refractivity contribution in [3.63, 3.8) is 0 Å². The summed E-state index contributed by atoms with van der Waals surface area (Å²) >= 11 is 0. The van der Waals surface area contributed by atoms with Crippen molar-refractivity contribution in [3.05, 3.63) is 12.2 Å². The number of β-amino-alcohol motifs (C(OH)–C–C–N with tert-alkyl or cyclic N) is 2. The van der Waals surface area contributed by atoms with Crippen molar-refractivity contribution in [2.75, 3.05) is 19.6 Å². The van der Waals surface area contributed by atoms with Gasteiger partial charge >= 0.3 is 0 Å². The molecule has 0 aromatic heterocycles. The van der Waals surface area contributed by atoms with E-state index < -0.39 is 12.2 Å². The molecule has 12 heavy (non-hydrogen) atoms. The minimum atomic E-state index is -0.574. The molecule has 3 heteroatoms. The number of hydrogen-bond donors (Lipinski definition) is 2. The lowest BCUT2D eigenvalue weighted by Gasteiger charge is -2.15. The first-order valence-electron chi connectivity index (χ1n) is 4.38. The summed E-state index contributed by atoms with van der Waals surface area (Å²) in [5, 5.41) is 18.5. The van der Waals surface area contributed by atoms with Crippen LogP contribution in [0.1, 0.15) is 13.3 Å². The van der Waals surface area contributed by atoms with E-state index in [0.717, 1.165) is 18.5 Å². The summed E-state index contributed by atoms with van der Waals surface area (Å²) < 4.78 is 0. The molecule has 1 aliphatic rings. The predicted molar refractivity (Wildman–Crippen MR) is 47.9 cm³/mol. The average Bonchev–Trinajstić information content (AvgIpc) is 2.31. The van der Waals surface area contributed by atoms with Crippen LogP contribution in [0.2, 0.25) is 0 Å². The number of likely N-dealkylation sites (tertiary alicyclic amines) is 1. The van der Waals surface area contributed by atoms with E-state index in [1.165, 1.54) is 0 Å². The van der Waals surface area contributed by atoms with Crippen molar-refractivity contribution in [2.24, 2.45) is 0 Å². The molecule has 0 aromatic rings. The van der Waals surface area contributed by atoms with E-state index >= 15 is 0 Å². The Morgan fingerprint density at radius 2 is 1.92 bits per heavy atom. The molecule has 0 amide bonds. The summed E-state index contributed by atoms with van der Waals surface area (Å²) in [4.78, 5) is 2.03. The number of aliphatic hydroxyl groups excluding tert-OH is 2. The second-order valence-electron chi connectivity index (χ2n) is 3.43. The van der Waals surface area contributed by atoms with Crippen LogP contribution in [0.3, 0.4) is 0 Å². The van der Waals surface area contributed by atoms with Gasteiger partial charge in [-0.15, -0.1) is 0 Å². The quantitative estimate of drug-likeness (QED) is 0.587. The van der Waals surface area contributed by atoms with Crippen LogP contribution >= 0.6 is 0 Å². The molecule has 1 fully saturated rings. The smallest absolute Gasteiger partial charge is 0.0938 e. The summed E-state index contributed by atoms with van der Waals surface area (Å²) in [6.07, 6.45) is -0.188. The molecule has 0 aliphatic carbocycles. The van der Waals surface area contributed by atoms with Gasteiger partial charge < -0.3 is 10.2 Å². The van der Waals surface area contributed by atoms with Gasteiger partial charge in [-0.25, -0.2) is 0 Å². The summed E-state index contributed by atoms with van der Waals surface area (Å²) in [6.45, 7) is 7.88. The molecule has 2 atom stereocenters. The van der Waals surface area contributed by atoms with E-state index in [-0.39, 0.29) is 0 Å². The van der Waals surface area contributed by atoms with Gasteiger partial charge in [-0.3, -0.25) is 4.90 Å². The molecule has 0 saturated carbocycles. The standard InChI is InChI=1S/C9H17NO2/c1-3-7(2)4-10-5-8(11)9(12)6-10/h8-9,11-12H,2-6H2,1H3/t8-,9+. The van der Waals surface area contributed by atoms with Gasteiger partial charge in [0.25, 0.3) is 0 Å². The van der Waals surface area contributed by atoms with Crippen molar-refractivity contribution in [3.8, 4) is 0 Å². The summed E-state index contributed by atoms with van der Waals surface area (Å²) in [5.41, 5.74) is 1.15. The van der Waals surface area contributed by atoms with E-state index in [1.807, 2.05) is 4.90 Å². The lowest BCUT2D eigenvalue weighted by Crippen LogP contribution is -2.24. The van der Waals surface area contributed by atoms with E-state index in [9.17, 15) is 10.2 Å². The third-order valence-corrected chi connectivity index (χ3v) is 2.28. The van der Waals surface area contributed by atoms with Crippen LogP contribution < -0.4 is 0 Å². The van der Waals surface area contributed by atoms with Crippen molar-refractivity contribution < 1.29 is 10.2 Å². The highest BCUT2D eigenvalue weighted by atomic mass is 16.3. The van der Waals surface area contributed by atoms with Crippen LogP contribution in [0.5, 0.6) is 0 Å². The second kappa shape index (κ2) is 4.03. The Bertz CT molecular complexity index is 160. The van der Waals surface area contributed by atoms with Crippen LogP contribution in [0.25, 0.3) is 0 Å². The van der Waals surface area contributed by atoms with Crippen molar-refractivity contribution in [1.29, 1.82) is 0 Å². The first-order valence-corrected chi connectivity index (χ1v) is 4.38. The van der Waals surface area contributed by atoms with Crippen molar-refractivity contribution >= 4 is 0 Å². The Hall–Kier alpha value is -0.380. The SMILES string of the molecule is C=C(CC)CN1C[C@@H](O)[C@@H](O)C1. The highest BCUT2D eigenvalue weighted by molar-refractivity contribution is 4.98. The fourth-order valence-corrected chi connectivity index (χ4v) is 1.40. The van der Waals surface area contributed by atoms with Gasteiger partial charge in [-0.2, -0.15) is 0 Å². The Kier molecular flexibility index (Phi) is 3.26. The number of aliphatic hydroxyl groups is 2. The third kappa shape index (κ3) is 2.30. The highest BCUT2D eigenvalue weighted by Gasteiger charge is 2.28. The molecule has 0 spiro atoms. The fourth-order valence-electron chi connectivity index (χ4n) is 1.40. The molecule has 0 aromatic carbocycles. The molecule has 1 aliphatic heterocycles. The van der Waals surface area contributed by atoms with Gasteiger partial charge in [0.2, 0.25) is 0 Å². The first-order chi connectivity index (χ1) is 5.63. The molecule has 1 heterocycles. The largest absolute Gasteiger partial charge is 0.389 e. The number of rotatable bonds is 3. The molecule has 1 saturated heterocycles. The van der Waals surface area contributed by atoms with Gasteiger partial charge in [0, 0.05) is 19.6 Å². The van der Waals surface area contributed by atoms with E-state index in [4.69, 9.17) is 0 Å². The van der Waals surface area contributed by atoms with Crippen LogP contribution in [0, 0.1) is 0 Å². The first kappa shape index (κ1) is 9.71. The maximum Gasteiger partial charge on any atom is 0.0938 e. The van der Waals surface area contributed by atoms with E-state index in [1.54, 1.807) is 0 Å². The minimum Gasteiger partial charge on any atom is -0.389 e. The van der Waals surface area contributed by atoms with E-state index in [0.29, 0.717) is 13.1 Å². The molecule has 0 bridgehead atoms. The van der Waals surface area contributed by atoms with Crippen LogP contribution in [0.4, 0.5) is 0 Å². The van der Waals surface area contributed by atoms with Crippen LogP contribution in [-0.4, -0.2) is 47.0 Å². The van der Waals surface area contributed by atoms with Crippen molar-refractivity contribution in [1.82, 2.24) is 4.90 Å². The molecular formula is C9H17NO2. The summed E-state index contributed by atoms with van der Waals surface area (Å²) in [5.74, 6) is 0. The Morgan fingerprint density at radius 1 is 1.42 bits per heavy atom. The number of hydrogen-bond acceptors (Lipinski definition) is 3. The predicted octanol–water partition coefficient (Wildman–Crippen LogP) is -0.01000. The van der Waals surface area contributed by atoms with Crippen LogP contribution in [-0.2, 0) is 0 Å². The Labute approximate surface area is 73.3 Å². The van der Waals surface area contributed by atoms with Gasteiger partial charge in [-0.05, 0) is 6.42 Å². The maximum absolute atomic E-state index is 9.23.